The van der Waals surface area contributed by atoms with Gasteiger partial charge in [0.25, 0.3) is 0 Å². The molecule has 0 saturated carbocycles. The highest BCUT2D eigenvalue weighted by molar-refractivity contribution is 7.99. The third kappa shape index (κ3) is 5.28. The predicted molar refractivity (Wildman–Crippen MR) is 83.2 cm³/mol. The number of carboxylic acids is 1. The van der Waals surface area contributed by atoms with Crippen LogP contribution in [0.1, 0.15) is 5.56 Å². The molecule has 0 amide bonds. The minimum Gasteiger partial charge on any atom is -0.493 e. The number of hydrogen-bond acceptors (Lipinski definition) is 4. The molecule has 0 unspecified atom stereocenters. The first-order chi connectivity index (χ1) is 10.1. The van der Waals surface area contributed by atoms with Crippen molar-refractivity contribution in [2.75, 3.05) is 12.4 Å². The summed E-state index contributed by atoms with van der Waals surface area (Å²) in [5, 5.41) is 10.1. The summed E-state index contributed by atoms with van der Waals surface area (Å²) >= 11 is 7.54. The Morgan fingerprint density at radius 1 is 1.29 bits per heavy atom. The minimum absolute atomic E-state index is 0.0221. The third-order valence-corrected chi connectivity index (χ3v) is 3.98. The second kappa shape index (κ2) is 7.90. The molecule has 0 radical (unpaired) electrons. The average Bonchev–Trinajstić information content (AvgIpc) is 2.46. The van der Waals surface area contributed by atoms with Crippen LogP contribution in [0.2, 0.25) is 5.02 Å². The van der Waals surface area contributed by atoms with Crippen LogP contribution < -0.4 is 4.74 Å². The van der Waals surface area contributed by atoms with Crippen molar-refractivity contribution in [3.8, 4) is 5.75 Å². The van der Waals surface area contributed by atoms with Gasteiger partial charge in [-0.15, -0.1) is 11.8 Å². The zero-order valence-corrected chi connectivity index (χ0v) is 12.7. The maximum absolute atomic E-state index is 10.6. The van der Waals surface area contributed by atoms with Crippen molar-refractivity contribution >= 4 is 29.3 Å². The van der Waals surface area contributed by atoms with E-state index in [4.69, 9.17) is 21.4 Å². The highest BCUT2D eigenvalue weighted by Gasteiger charge is 2.03. The van der Waals surface area contributed by atoms with E-state index in [1.807, 2.05) is 0 Å². The Bertz CT molecular complexity index is 604. The average molecular weight is 324 g/mol. The Labute approximate surface area is 132 Å². The lowest BCUT2D eigenvalue weighted by atomic mass is 10.1. The molecule has 1 N–H and O–H groups in total. The van der Waals surface area contributed by atoms with Crippen molar-refractivity contribution in [1.29, 1.82) is 0 Å². The molecule has 1 heterocycles. The number of pyridine rings is 1. The van der Waals surface area contributed by atoms with E-state index < -0.39 is 5.97 Å². The quantitative estimate of drug-likeness (QED) is 0.624. The molecule has 1 aromatic carbocycles. The largest absolute Gasteiger partial charge is 0.493 e. The molecule has 0 aliphatic carbocycles. The normalized spacial score (nSPS) is 10.3. The van der Waals surface area contributed by atoms with Gasteiger partial charge >= 0.3 is 5.97 Å². The molecule has 0 saturated heterocycles. The predicted octanol–water partition coefficient (Wildman–Crippen LogP) is 3.53. The van der Waals surface area contributed by atoms with Crippen molar-refractivity contribution in [1.82, 2.24) is 4.98 Å². The lowest BCUT2D eigenvalue weighted by molar-refractivity contribution is -0.136. The Morgan fingerprint density at radius 3 is 2.71 bits per heavy atom. The number of aromatic nitrogens is 1. The first kappa shape index (κ1) is 15.7. The molecule has 21 heavy (non-hydrogen) atoms. The number of halogens is 1. The van der Waals surface area contributed by atoms with Crippen LogP contribution in [0.3, 0.4) is 0 Å². The fraction of sp³-hybridized carbons (Fsp3) is 0.200. The molecule has 2 rings (SSSR count). The van der Waals surface area contributed by atoms with Crippen molar-refractivity contribution in [2.24, 2.45) is 0 Å². The van der Waals surface area contributed by atoms with E-state index in [0.29, 0.717) is 11.6 Å². The number of carboxylic acid groups (broad SMARTS) is 1. The van der Waals surface area contributed by atoms with Gasteiger partial charge in [-0.1, -0.05) is 23.7 Å². The maximum atomic E-state index is 10.6. The molecule has 6 heteroatoms. The van der Waals surface area contributed by atoms with Gasteiger partial charge in [0.2, 0.25) is 0 Å². The smallest absolute Gasteiger partial charge is 0.307 e. The van der Waals surface area contributed by atoms with Crippen LogP contribution in [0.4, 0.5) is 0 Å². The number of thioether (sulfide) groups is 1. The fourth-order valence-corrected chi connectivity index (χ4v) is 2.64. The fourth-order valence-electron chi connectivity index (χ4n) is 1.65. The van der Waals surface area contributed by atoms with Gasteiger partial charge in [-0.3, -0.25) is 4.79 Å². The van der Waals surface area contributed by atoms with E-state index in [1.54, 1.807) is 42.6 Å². The molecule has 0 aliphatic heterocycles. The summed E-state index contributed by atoms with van der Waals surface area (Å²) in [4.78, 5) is 14.8. The minimum atomic E-state index is -0.840. The molecular weight excluding hydrogens is 310 g/mol. The van der Waals surface area contributed by atoms with Gasteiger partial charge in [0.05, 0.1) is 18.1 Å². The molecular formula is C15H14ClNO3S. The Morgan fingerprint density at radius 2 is 2.05 bits per heavy atom. The molecule has 4 nitrogen and oxygen atoms in total. The molecule has 1 aromatic heterocycles. The van der Waals surface area contributed by atoms with Gasteiger partial charge in [0, 0.05) is 11.9 Å². The summed E-state index contributed by atoms with van der Waals surface area (Å²) in [6, 6.07) is 10.7. The standard InChI is InChI=1S/C15H14ClNO3S/c16-13-2-1-7-17-15(13)21-9-8-20-12-5-3-11(4-6-12)10-14(18)19/h1-7H,8-10H2,(H,18,19). The van der Waals surface area contributed by atoms with Gasteiger partial charge in [0.1, 0.15) is 10.8 Å². The second-order valence-corrected chi connectivity index (χ2v) is 5.69. The van der Waals surface area contributed by atoms with E-state index in [9.17, 15) is 4.79 Å². The van der Waals surface area contributed by atoms with E-state index in [1.165, 1.54) is 11.8 Å². The van der Waals surface area contributed by atoms with Crippen molar-refractivity contribution in [3.63, 3.8) is 0 Å². The first-order valence-electron chi connectivity index (χ1n) is 6.32. The molecule has 0 bridgehead atoms. The SMILES string of the molecule is O=C(O)Cc1ccc(OCCSc2ncccc2Cl)cc1. The van der Waals surface area contributed by atoms with Crippen molar-refractivity contribution in [2.45, 2.75) is 11.4 Å². The topological polar surface area (TPSA) is 59.4 Å². The summed E-state index contributed by atoms with van der Waals surface area (Å²) in [6.45, 7) is 0.524. The molecule has 2 aromatic rings. The van der Waals surface area contributed by atoms with E-state index in [0.717, 1.165) is 22.1 Å². The first-order valence-corrected chi connectivity index (χ1v) is 7.68. The maximum Gasteiger partial charge on any atom is 0.307 e. The summed E-state index contributed by atoms with van der Waals surface area (Å²) < 4.78 is 5.59. The van der Waals surface area contributed by atoms with Gasteiger partial charge in [-0.2, -0.15) is 0 Å². The van der Waals surface area contributed by atoms with Crippen LogP contribution >= 0.6 is 23.4 Å². The highest BCUT2D eigenvalue weighted by Crippen LogP contribution is 2.24. The summed E-state index contributed by atoms with van der Waals surface area (Å²) in [5.41, 5.74) is 0.754. The number of nitrogens with zero attached hydrogens (tertiary/aromatic N) is 1. The molecule has 0 atom stereocenters. The summed E-state index contributed by atoms with van der Waals surface area (Å²) in [7, 11) is 0. The Hall–Kier alpha value is -1.72. The van der Waals surface area contributed by atoms with Crippen LogP contribution in [0.5, 0.6) is 5.75 Å². The molecule has 0 aliphatic rings. The van der Waals surface area contributed by atoms with Gasteiger partial charge in [0.15, 0.2) is 0 Å². The van der Waals surface area contributed by atoms with E-state index >= 15 is 0 Å². The van der Waals surface area contributed by atoms with E-state index in [-0.39, 0.29) is 6.42 Å². The Kier molecular flexibility index (Phi) is 5.90. The van der Waals surface area contributed by atoms with Crippen LogP contribution in [0, 0.1) is 0 Å². The lowest BCUT2D eigenvalue weighted by Crippen LogP contribution is -2.02. The van der Waals surface area contributed by atoms with Crippen molar-refractivity contribution in [3.05, 3.63) is 53.2 Å². The molecule has 0 fully saturated rings. The molecule has 110 valence electrons. The highest BCUT2D eigenvalue weighted by atomic mass is 35.5. The third-order valence-electron chi connectivity index (χ3n) is 2.59. The number of carbonyl (C=O) groups is 1. The number of aliphatic carboxylic acids is 1. The molecule has 0 spiro atoms. The van der Waals surface area contributed by atoms with Gasteiger partial charge < -0.3 is 9.84 Å². The zero-order chi connectivity index (χ0) is 15.1. The number of ether oxygens (including phenoxy) is 1. The van der Waals surface area contributed by atoms with Gasteiger partial charge in [-0.25, -0.2) is 4.98 Å². The second-order valence-electron chi connectivity index (χ2n) is 4.20. The lowest BCUT2D eigenvalue weighted by Gasteiger charge is -2.07. The summed E-state index contributed by atoms with van der Waals surface area (Å²) in [6.07, 6.45) is 1.73. The number of hydrogen-bond donors (Lipinski definition) is 1. The number of rotatable bonds is 7. The van der Waals surface area contributed by atoms with Crippen LogP contribution in [-0.4, -0.2) is 28.4 Å². The van der Waals surface area contributed by atoms with Gasteiger partial charge in [-0.05, 0) is 29.8 Å². The van der Waals surface area contributed by atoms with E-state index in [2.05, 4.69) is 4.98 Å². The van der Waals surface area contributed by atoms with Crippen LogP contribution in [0.15, 0.2) is 47.6 Å². The zero-order valence-electron chi connectivity index (χ0n) is 11.2. The van der Waals surface area contributed by atoms with Crippen molar-refractivity contribution < 1.29 is 14.6 Å². The number of benzene rings is 1. The summed E-state index contributed by atoms with van der Waals surface area (Å²) in [5.74, 6) is 0.609. The van der Waals surface area contributed by atoms with Crippen LogP contribution in [-0.2, 0) is 11.2 Å². The monoisotopic (exact) mass is 323 g/mol. The van der Waals surface area contributed by atoms with Crippen LogP contribution in [0.25, 0.3) is 0 Å². The Balaban J connectivity index is 1.76.